The first-order chi connectivity index (χ1) is 11.7. The second kappa shape index (κ2) is 6.49. The Kier molecular flexibility index (Phi) is 4.68. The van der Waals surface area contributed by atoms with Crippen molar-refractivity contribution >= 4 is 10.0 Å². The van der Waals surface area contributed by atoms with Crippen molar-refractivity contribution < 1.29 is 17.3 Å². The first-order valence-corrected chi connectivity index (χ1v) is 9.76. The molecule has 8 heteroatoms. The third kappa shape index (κ3) is 3.46. The lowest BCUT2D eigenvalue weighted by atomic mass is 9.96. The number of piperidine rings is 1. The van der Waals surface area contributed by atoms with E-state index in [0.29, 0.717) is 18.2 Å². The van der Waals surface area contributed by atoms with Crippen molar-refractivity contribution in [2.24, 2.45) is 0 Å². The van der Waals surface area contributed by atoms with Gasteiger partial charge >= 0.3 is 0 Å². The minimum Gasteiger partial charge on any atom is -0.336 e. The molecule has 6 nitrogen and oxygen atoms in total. The highest BCUT2D eigenvalue weighted by Gasteiger charge is 2.45. The maximum atomic E-state index is 15.3. The van der Waals surface area contributed by atoms with Gasteiger partial charge in [0.15, 0.2) is 5.82 Å². The van der Waals surface area contributed by atoms with Gasteiger partial charge in [0.1, 0.15) is 0 Å². The van der Waals surface area contributed by atoms with Gasteiger partial charge in [-0.1, -0.05) is 31.1 Å². The van der Waals surface area contributed by atoms with Crippen molar-refractivity contribution in [3.05, 3.63) is 41.5 Å². The maximum Gasteiger partial charge on any atom is 0.265 e. The normalized spacial score (nSPS) is 22.4. The number of halogens is 1. The van der Waals surface area contributed by atoms with Crippen LogP contribution in [0.3, 0.4) is 0 Å². The summed E-state index contributed by atoms with van der Waals surface area (Å²) < 4.78 is 47.2. The molecule has 0 spiro atoms. The Morgan fingerprint density at radius 1 is 1.28 bits per heavy atom. The van der Waals surface area contributed by atoms with E-state index >= 15 is 4.39 Å². The first-order valence-electron chi connectivity index (χ1n) is 8.32. The average Bonchev–Trinajstić information content (AvgIpc) is 3.02. The maximum absolute atomic E-state index is 15.3. The lowest BCUT2D eigenvalue weighted by Gasteiger charge is -2.34. The number of rotatable bonds is 4. The molecule has 1 unspecified atom stereocenters. The number of hydrogen-bond donors (Lipinski definition) is 0. The summed E-state index contributed by atoms with van der Waals surface area (Å²) >= 11 is 0. The summed E-state index contributed by atoms with van der Waals surface area (Å²) in [5.41, 5.74) is -0.900. The van der Waals surface area contributed by atoms with Crippen molar-refractivity contribution in [1.29, 1.82) is 0 Å². The molecule has 25 heavy (non-hydrogen) atoms. The highest BCUT2D eigenvalue weighted by Crippen LogP contribution is 2.36. The van der Waals surface area contributed by atoms with Crippen LogP contribution in [0.1, 0.15) is 49.9 Å². The number of alkyl halides is 1. The molecule has 1 aliphatic rings. The Labute approximate surface area is 147 Å². The third-order valence-corrected chi connectivity index (χ3v) is 6.36. The van der Waals surface area contributed by atoms with Crippen molar-refractivity contribution in [3.63, 3.8) is 0 Å². The molecule has 0 amide bonds. The van der Waals surface area contributed by atoms with Crippen LogP contribution in [0.4, 0.5) is 4.39 Å². The molecule has 0 aliphatic carbocycles. The number of hydrogen-bond acceptors (Lipinski definition) is 5. The Bertz CT molecular complexity index is 848. The minimum atomic E-state index is -3.77. The van der Waals surface area contributed by atoms with Gasteiger partial charge in [0.25, 0.3) is 5.89 Å². The molecule has 0 saturated carbocycles. The summed E-state index contributed by atoms with van der Waals surface area (Å²) in [6.07, 6.45) is 0.550. The van der Waals surface area contributed by atoms with E-state index in [9.17, 15) is 8.42 Å². The van der Waals surface area contributed by atoms with Crippen LogP contribution in [0.5, 0.6) is 0 Å². The number of benzene rings is 1. The number of nitrogens with zero attached hydrogens (tertiary/aromatic N) is 3. The second-order valence-electron chi connectivity index (χ2n) is 6.78. The monoisotopic (exact) mass is 367 g/mol. The van der Waals surface area contributed by atoms with E-state index in [0.717, 1.165) is 5.56 Å². The quantitative estimate of drug-likeness (QED) is 0.830. The average molecular weight is 367 g/mol. The highest BCUT2D eigenvalue weighted by molar-refractivity contribution is 7.89. The molecule has 1 atom stereocenters. The van der Waals surface area contributed by atoms with Crippen LogP contribution in [-0.4, -0.2) is 36.0 Å². The predicted molar refractivity (Wildman–Crippen MR) is 90.3 cm³/mol. The van der Waals surface area contributed by atoms with E-state index in [4.69, 9.17) is 4.52 Å². The Hall–Kier alpha value is -1.80. The van der Waals surface area contributed by atoms with Gasteiger partial charge in [-0.2, -0.15) is 9.29 Å². The second-order valence-corrected chi connectivity index (χ2v) is 8.72. The van der Waals surface area contributed by atoms with Gasteiger partial charge in [-0.15, -0.1) is 0 Å². The van der Waals surface area contributed by atoms with Crippen molar-refractivity contribution in [1.82, 2.24) is 14.4 Å². The fourth-order valence-corrected chi connectivity index (χ4v) is 4.53. The van der Waals surface area contributed by atoms with E-state index in [1.165, 1.54) is 4.31 Å². The molecule has 1 aromatic carbocycles. The van der Waals surface area contributed by atoms with Crippen LogP contribution in [0.2, 0.25) is 0 Å². The Balaban J connectivity index is 1.87. The molecule has 1 saturated heterocycles. The van der Waals surface area contributed by atoms with Crippen LogP contribution in [0.15, 0.2) is 33.7 Å². The molecular weight excluding hydrogens is 345 g/mol. The Morgan fingerprint density at radius 2 is 1.96 bits per heavy atom. The minimum absolute atomic E-state index is 0.153. The topological polar surface area (TPSA) is 76.3 Å². The Morgan fingerprint density at radius 3 is 2.52 bits per heavy atom. The summed E-state index contributed by atoms with van der Waals surface area (Å²) in [5, 5.41) is 3.61. The van der Waals surface area contributed by atoms with Crippen molar-refractivity contribution in [2.75, 3.05) is 13.1 Å². The third-order valence-electron chi connectivity index (χ3n) is 4.50. The predicted octanol–water partition coefficient (Wildman–Crippen LogP) is 3.15. The largest absolute Gasteiger partial charge is 0.336 e. The molecule has 0 N–H and O–H groups in total. The smallest absolute Gasteiger partial charge is 0.265 e. The zero-order chi connectivity index (χ0) is 18.2. The highest BCUT2D eigenvalue weighted by atomic mass is 32.2. The zero-order valence-electron chi connectivity index (χ0n) is 14.6. The lowest BCUT2D eigenvalue weighted by molar-refractivity contribution is 0.0470. The van der Waals surface area contributed by atoms with Gasteiger partial charge in [-0.05, 0) is 43.4 Å². The van der Waals surface area contributed by atoms with Crippen LogP contribution in [0.25, 0.3) is 0 Å². The molecule has 1 aliphatic heterocycles. The van der Waals surface area contributed by atoms with Crippen LogP contribution in [0, 0.1) is 6.92 Å². The molecular formula is C17H22FN3O3S. The van der Waals surface area contributed by atoms with Gasteiger partial charge in [0.2, 0.25) is 15.7 Å². The van der Waals surface area contributed by atoms with E-state index in [1.807, 2.05) is 13.8 Å². The molecule has 0 radical (unpaired) electrons. The van der Waals surface area contributed by atoms with Crippen molar-refractivity contribution in [2.45, 2.75) is 50.1 Å². The molecule has 2 aromatic rings. The van der Waals surface area contributed by atoms with E-state index in [-0.39, 0.29) is 30.3 Å². The molecule has 1 fully saturated rings. The van der Waals surface area contributed by atoms with Gasteiger partial charge in [-0.3, -0.25) is 0 Å². The fourth-order valence-electron chi connectivity index (χ4n) is 3.01. The molecule has 2 heterocycles. The molecule has 3 rings (SSSR count). The standard InChI is InChI=1S/C17H22FN3O3S/c1-12(2)14-5-7-15(8-6-14)25(22,23)21-10-4-9-17(18,11-21)16-19-13(3)20-24-16/h5-8,12H,4,9-11H2,1-3H3. The summed E-state index contributed by atoms with van der Waals surface area (Å²) in [4.78, 5) is 4.12. The lowest BCUT2D eigenvalue weighted by Crippen LogP contribution is -2.46. The molecule has 136 valence electrons. The fraction of sp³-hybridized carbons (Fsp3) is 0.529. The summed E-state index contributed by atoms with van der Waals surface area (Å²) in [6, 6.07) is 6.75. The SMILES string of the molecule is Cc1noc(C2(F)CCCN(S(=O)(=O)c3ccc(C(C)C)cc3)C2)n1. The first kappa shape index (κ1) is 18.0. The van der Waals surface area contributed by atoms with Crippen LogP contribution < -0.4 is 0 Å². The van der Waals surface area contributed by atoms with Crippen LogP contribution in [-0.2, 0) is 15.7 Å². The zero-order valence-corrected chi connectivity index (χ0v) is 15.4. The molecule has 0 bridgehead atoms. The van der Waals surface area contributed by atoms with Gasteiger partial charge < -0.3 is 4.52 Å². The van der Waals surface area contributed by atoms with E-state index in [2.05, 4.69) is 10.1 Å². The number of aromatic nitrogens is 2. The van der Waals surface area contributed by atoms with Gasteiger partial charge in [-0.25, -0.2) is 12.8 Å². The number of aryl methyl sites for hydroxylation is 1. The van der Waals surface area contributed by atoms with Crippen molar-refractivity contribution in [3.8, 4) is 0 Å². The van der Waals surface area contributed by atoms with Gasteiger partial charge in [0.05, 0.1) is 11.4 Å². The summed E-state index contributed by atoms with van der Waals surface area (Å²) in [7, 11) is -3.77. The van der Waals surface area contributed by atoms with E-state index in [1.54, 1.807) is 31.2 Å². The van der Waals surface area contributed by atoms with Gasteiger partial charge in [0, 0.05) is 6.54 Å². The number of sulfonamides is 1. The summed E-state index contributed by atoms with van der Waals surface area (Å²) in [5.74, 6) is 0.488. The molecule has 1 aromatic heterocycles. The van der Waals surface area contributed by atoms with E-state index < -0.39 is 15.7 Å². The van der Waals surface area contributed by atoms with Crippen LogP contribution >= 0.6 is 0 Å². The summed E-state index contributed by atoms with van der Waals surface area (Å²) in [6.45, 7) is 5.63.